The smallest absolute Gasteiger partial charge is 0.172 e. The summed E-state index contributed by atoms with van der Waals surface area (Å²) < 4.78 is 3.33. The molecule has 1 atom stereocenters. The largest absolute Gasteiger partial charge is 0.305 e. The molecule has 0 aromatic heterocycles. The van der Waals surface area contributed by atoms with Gasteiger partial charge in [0.1, 0.15) is 0 Å². The van der Waals surface area contributed by atoms with Crippen molar-refractivity contribution in [3.05, 3.63) is 59.7 Å². The number of amidine groups is 1. The van der Waals surface area contributed by atoms with Crippen molar-refractivity contribution in [1.29, 1.82) is 0 Å². The Hall–Kier alpha value is -1.39. The van der Waals surface area contributed by atoms with E-state index < -0.39 is 0 Å². The molecule has 1 unspecified atom stereocenters. The van der Waals surface area contributed by atoms with Crippen LogP contribution >= 0.6 is 23.7 Å². The van der Waals surface area contributed by atoms with E-state index in [1.54, 1.807) is 23.7 Å². The van der Waals surface area contributed by atoms with Crippen molar-refractivity contribution in [2.45, 2.75) is 24.0 Å². The molecule has 0 aliphatic carbocycles. The third-order valence-electron chi connectivity index (χ3n) is 3.14. The standard InChI is InChI=1S/C16H16N2S2/c1-11-8-9-14-15(10-11)20-18-16(17-14)19-12(2)13-6-4-3-5-7-13/h3-10,12H,1-2H3,(H,17,18). The molecule has 0 saturated heterocycles. The van der Waals surface area contributed by atoms with Crippen molar-refractivity contribution >= 4 is 34.6 Å². The van der Waals surface area contributed by atoms with Gasteiger partial charge in [0, 0.05) is 5.25 Å². The van der Waals surface area contributed by atoms with E-state index in [4.69, 9.17) is 4.99 Å². The van der Waals surface area contributed by atoms with Crippen LogP contribution in [0.1, 0.15) is 23.3 Å². The summed E-state index contributed by atoms with van der Waals surface area (Å²) in [6.07, 6.45) is 0. The number of nitrogens with one attached hydrogen (secondary N) is 1. The molecule has 0 saturated carbocycles. The zero-order valence-electron chi connectivity index (χ0n) is 11.5. The molecule has 2 aromatic rings. The summed E-state index contributed by atoms with van der Waals surface area (Å²) in [6.45, 7) is 4.31. The van der Waals surface area contributed by atoms with Gasteiger partial charge in [-0.25, -0.2) is 4.99 Å². The Morgan fingerprint density at radius 3 is 2.75 bits per heavy atom. The fourth-order valence-corrected chi connectivity index (χ4v) is 3.84. The van der Waals surface area contributed by atoms with Gasteiger partial charge in [0.25, 0.3) is 0 Å². The maximum atomic E-state index is 4.70. The number of hydrogen-bond acceptors (Lipinski definition) is 4. The number of rotatable bonds is 2. The van der Waals surface area contributed by atoms with E-state index in [0.29, 0.717) is 5.25 Å². The quantitative estimate of drug-likeness (QED) is 0.782. The second-order valence-corrected chi connectivity index (χ2v) is 6.94. The van der Waals surface area contributed by atoms with Gasteiger partial charge in [0.15, 0.2) is 5.17 Å². The van der Waals surface area contributed by atoms with E-state index in [9.17, 15) is 0 Å². The fourth-order valence-electron chi connectivity index (χ4n) is 2.04. The van der Waals surface area contributed by atoms with Crippen molar-refractivity contribution < 1.29 is 0 Å². The van der Waals surface area contributed by atoms with Crippen LogP contribution in [0.25, 0.3) is 0 Å². The van der Waals surface area contributed by atoms with Gasteiger partial charge in [-0.3, -0.25) is 0 Å². The zero-order chi connectivity index (χ0) is 13.9. The molecular formula is C16H16N2S2. The number of aliphatic imine (C=N–C) groups is 1. The topological polar surface area (TPSA) is 24.4 Å². The molecular weight excluding hydrogens is 284 g/mol. The van der Waals surface area contributed by atoms with Crippen LogP contribution in [0.5, 0.6) is 0 Å². The summed E-state index contributed by atoms with van der Waals surface area (Å²) in [5.41, 5.74) is 3.64. The minimum atomic E-state index is 0.384. The highest BCUT2D eigenvalue weighted by molar-refractivity contribution is 8.15. The van der Waals surface area contributed by atoms with E-state index in [1.807, 2.05) is 6.07 Å². The molecule has 1 heterocycles. The maximum absolute atomic E-state index is 4.70. The zero-order valence-corrected chi connectivity index (χ0v) is 13.1. The van der Waals surface area contributed by atoms with Crippen LogP contribution in [-0.4, -0.2) is 5.17 Å². The molecule has 2 nitrogen and oxygen atoms in total. The third kappa shape index (κ3) is 3.02. The lowest BCUT2D eigenvalue weighted by Gasteiger charge is -2.19. The first-order valence-corrected chi connectivity index (χ1v) is 8.26. The second-order valence-electron chi connectivity index (χ2n) is 4.76. The van der Waals surface area contributed by atoms with Gasteiger partial charge in [-0.05, 0) is 49.1 Å². The van der Waals surface area contributed by atoms with E-state index in [1.165, 1.54) is 16.0 Å². The summed E-state index contributed by atoms with van der Waals surface area (Å²) >= 11 is 3.41. The maximum Gasteiger partial charge on any atom is 0.172 e. The highest BCUT2D eigenvalue weighted by Gasteiger charge is 2.16. The van der Waals surface area contributed by atoms with Gasteiger partial charge >= 0.3 is 0 Å². The first kappa shape index (κ1) is 13.6. The lowest BCUT2D eigenvalue weighted by molar-refractivity contribution is 1.11. The molecule has 20 heavy (non-hydrogen) atoms. The molecule has 2 aromatic carbocycles. The minimum absolute atomic E-state index is 0.384. The van der Waals surface area contributed by atoms with Crippen molar-refractivity contribution in [3.8, 4) is 0 Å². The van der Waals surface area contributed by atoms with Crippen molar-refractivity contribution in [1.82, 2.24) is 4.72 Å². The number of thioether (sulfide) groups is 1. The minimum Gasteiger partial charge on any atom is -0.305 e. The van der Waals surface area contributed by atoms with Crippen LogP contribution in [0.2, 0.25) is 0 Å². The number of aryl methyl sites for hydroxylation is 1. The predicted molar refractivity (Wildman–Crippen MR) is 89.7 cm³/mol. The third-order valence-corrected chi connectivity index (χ3v) is 5.16. The highest BCUT2D eigenvalue weighted by Crippen LogP contribution is 2.37. The van der Waals surface area contributed by atoms with Gasteiger partial charge in [-0.2, -0.15) is 0 Å². The first-order chi connectivity index (χ1) is 9.72. The summed E-state index contributed by atoms with van der Waals surface area (Å²) in [5, 5.41) is 1.36. The highest BCUT2D eigenvalue weighted by atomic mass is 32.2. The fraction of sp³-hybridized carbons (Fsp3) is 0.188. The lowest BCUT2D eigenvalue weighted by atomic mass is 10.2. The lowest BCUT2D eigenvalue weighted by Crippen LogP contribution is -2.15. The Kier molecular flexibility index (Phi) is 4.03. The molecule has 0 fully saturated rings. The van der Waals surface area contributed by atoms with E-state index in [0.717, 1.165) is 10.9 Å². The van der Waals surface area contributed by atoms with Crippen LogP contribution in [0.15, 0.2) is 58.4 Å². The molecule has 102 valence electrons. The number of hydrogen-bond donors (Lipinski definition) is 1. The average molecular weight is 300 g/mol. The molecule has 1 aliphatic heterocycles. The van der Waals surface area contributed by atoms with Gasteiger partial charge in [-0.15, -0.1) is 0 Å². The number of nitrogens with zero attached hydrogens (tertiary/aromatic N) is 1. The Balaban J connectivity index is 1.77. The Labute approximate surface area is 128 Å². The number of benzene rings is 2. The Morgan fingerprint density at radius 2 is 1.95 bits per heavy atom. The van der Waals surface area contributed by atoms with Gasteiger partial charge in [-0.1, -0.05) is 48.2 Å². The summed E-state index contributed by atoms with van der Waals surface area (Å²) in [4.78, 5) is 5.90. The SMILES string of the molecule is Cc1ccc2c(c1)SNC(SC(C)c1ccccc1)=N2. The monoisotopic (exact) mass is 300 g/mol. The molecule has 1 N–H and O–H groups in total. The second kappa shape index (κ2) is 5.94. The molecule has 4 heteroatoms. The van der Waals surface area contributed by atoms with Crippen molar-refractivity contribution in [2.75, 3.05) is 0 Å². The van der Waals surface area contributed by atoms with Gasteiger partial charge in [0.05, 0.1) is 10.6 Å². The van der Waals surface area contributed by atoms with Gasteiger partial charge < -0.3 is 4.72 Å². The predicted octanol–water partition coefficient (Wildman–Crippen LogP) is 5.09. The number of fused-ring (bicyclic) bond motifs is 1. The first-order valence-electron chi connectivity index (χ1n) is 6.56. The average Bonchev–Trinajstić information content (AvgIpc) is 2.48. The summed E-state index contributed by atoms with van der Waals surface area (Å²) in [7, 11) is 0. The molecule has 0 spiro atoms. The van der Waals surface area contributed by atoms with Crippen molar-refractivity contribution in [2.24, 2.45) is 4.99 Å². The van der Waals surface area contributed by atoms with Gasteiger partial charge in [0.2, 0.25) is 0 Å². The van der Waals surface area contributed by atoms with Crippen LogP contribution in [0.4, 0.5) is 5.69 Å². The van der Waals surface area contributed by atoms with E-state index in [-0.39, 0.29) is 0 Å². The van der Waals surface area contributed by atoms with E-state index >= 15 is 0 Å². The van der Waals surface area contributed by atoms with Crippen LogP contribution < -0.4 is 4.72 Å². The molecule has 3 rings (SSSR count). The van der Waals surface area contributed by atoms with Crippen LogP contribution in [-0.2, 0) is 0 Å². The van der Waals surface area contributed by atoms with Crippen LogP contribution in [0.3, 0.4) is 0 Å². The van der Waals surface area contributed by atoms with Crippen molar-refractivity contribution in [3.63, 3.8) is 0 Å². The Bertz CT molecular complexity index is 638. The molecule has 1 aliphatic rings. The van der Waals surface area contributed by atoms with Crippen LogP contribution in [0, 0.1) is 6.92 Å². The summed E-state index contributed by atoms with van der Waals surface area (Å²) in [6, 6.07) is 16.9. The Morgan fingerprint density at radius 1 is 1.15 bits per heavy atom. The normalized spacial score (nSPS) is 15.0. The molecule has 0 radical (unpaired) electrons. The molecule has 0 amide bonds. The van der Waals surface area contributed by atoms with E-state index in [2.05, 4.69) is 61.0 Å². The summed E-state index contributed by atoms with van der Waals surface area (Å²) in [5.74, 6) is 0. The molecule has 0 bridgehead atoms.